The fourth-order valence-electron chi connectivity index (χ4n) is 1.91. The molecule has 0 radical (unpaired) electrons. The Morgan fingerprint density at radius 2 is 2.00 bits per heavy atom. The van der Waals surface area contributed by atoms with Crippen LogP contribution in [0.1, 0.15) is 0 Å². The number of thioether (sulfide) groups is 1. The molecule has 0 spiro atoms. The molecule has 130 valence electrons. The maximum absolute atomic E-state index is 11.6. The van der Waals surface area contributed by atoms with E-state index in [1.807, 2.05) is 49.7 Å². The zero-order valence-corrected chi connectivity index (χ0v) is 16.7. The molecule has 0 aliphatic rings. The summed E-state index contributed by atoms with van der Waals surface area (Å²) in [5.74, 6) is 0.309. The molecule has 0 bridgehead atoms. The van der Waals surface area contributed by atoms with Gasteiger partial charge in [0.05, 0.1) is 10.7 Å². The van der Waals surface area contributed by atoms with Crippen LogP contribution in [-0.2, 0) is 10.8 Å². The molecule has 2 aromatic rings. The number of hydrogen-bond acceptors (Lipinski definition) is 3. The summed E-state index contributed by atoms with van der Waals surface area (Å²) in [5.41, 5.74) is 7.54. The van der Waals surface area contributed by atoms with Crippen LogP contribution in [-0.4, -0.2) is 29.7 Å². The van der Waals surface area contributed by atoms with Gasteiger partial charge in [0.25, 0.3) is 0 Å². The number of hydrogen-bond donors (Lipinski definition) is 1. The van der Waals surface area contributed by atoms with Gasteiger partial charge in [-0.15, -0.1) is 24.2 Å². The van der Waals surface area contributed by atoms with Crippen molar-refractivity contribution in [2.75, 3.05) is 24.5 Å². The fourth-order valence-corrected chi connectivity index (χ4v) is 3.06. The highest BCUT2D eigenvalue weighted by molar-refractivity contribution is 7.98. The van der Waals surface area contributed by atoms with Crippen LogP contribution in [0, 0.1) is 0 Å². The number of guanidine groups is 1. The van der Waals surface area contributed by atoms with Crippen LogP contribution in [0.25, 0.3) is 0 Å². The van der Waals surface area contributed by atoms with Crippen LogP contribution in [0.2, 0.25) is 5.02 Å². The van der Waals surface area contributed by atoms with E-state index in [2.05, 4.69) is 4.99 Å². The topological polar surface area (TPSA) is 58.7 Å². The zero-order chi connectivity index (χ0) is 17.0. The van der Waals surface area contributed by atoms with Crippen molar-refractivity contribution in [3.63, 3.8) is 0 Å². The monoisotopic (exact) mass is 403 g/mol. The van der Waals surface area contributed by atoms with Gasteiger partial charge in [0.1, 0.15) is 0 Å². The van der Waals surface area contributed by atoms with E-state index in [4.69, 9.17) is 17.3 Å². The van der Waals surface area contributed by atoms with Gasteiger partial charge in [0.15, 0.2) is 0 Å². The highest BCUT2D eigenvalue weighted by Crippen LogP contribution is 2.30. The second-order valence-corrected chi connectivity index (χ2v) is 7.46. The molecule has 24 heavy (non-hydrogen) atoms. The number of aliphatic imine (C=N–C) groups is 1. The molecule has 1 atom stereocenters. The molecule has 2 rings (SSSR count). The second-order valence-electron chi connectivity index (χ2n) is 4.80. The number of rotatable bonds is 4. The van der Waals surface area contributed by atoms with Crippen molar-refractivity contribution in [3.8, 4) is 0 Å². The van der Waals surface area contributed by atoms with Crippen LogP contribution < -0.4 is 10.6 Å². The van der Waals surface area contributed by atoms with E-state index < -0.39 is 10.8 Å². The highest BCUT2D eigenvalue weighted by Gasteiger charge is 2.09. The molecule has 2 aromatic carbocycles. The zero-order valence-electron chi connectivity index (χ0n) is 13.5. The summed E-state index contributed by atoms with van der Waals surface area (Å²) in [6, 6.07) is 13.0. The van der Waals surface area contributed by atoms with Gasteiger partial charge in [0.2, 0.25) is 5.96 Å². The van der Waals surface area contributed by atoms with Crippen molar-refractivity contribution in [1.82, 2.24) is 0 Å². The molecule has 2 N–H and O–H groups in total. The van der Waals surface area contributed by atoms with Crippen LogP contribution in [0.5, 0.6) is 0 Å². The first-order chi connectivity index (χ1) is 10.9. The average Bonchev–Trinajstić information content (AvgIpc) is 2.56. The second kappa shape index (κ2) is 9.32. The van der Waals surface area contributed by atoms with E-state index in [9.17, 15) is 4.21 Å². The number of nitrogens with two attached hydrogens (primary N) is 1. The Hall–Kier alpha value is -1.21. The lowest BCUT2D eigenvalue weighted by molar-refractivity contribution is 0.687. The van der Waals surface area contributed by atoms with Gasteiger partial charge in [-0.3, -0.25) is 4.21 Å². The van der Waals surface area contributed by atoms with Gasteiger partial charge >= 0.3 is 0 Å². The average molecular weight is 404 g/mol. The summed E-state index contributed by atoms with van der Waals surface area (Å²) in [4.78, 5) is 7.95. The highest BCUT2D eigenvalue weighted by atomic mass is 35.5. The molecular formula is C16H19Cl2N3OS2. The molecule has 0 aromatic heterocycles. The Labute approximate surface area is 160 Å². The van der Waals surface area contributed by atoms with Crippen LogP contribution in [0.15, 0.2) is 57.2 Å². The van der Waals surface area contributed by atoms with E-state index in [0.717, 1.165) is 15.5 Å². The summed E-state index contributed by atoms with van der Waals surface area (Å²) >= 11 is 7.80. The van der Waals surface area contributed by atoms with Crippen LogP contribution in [0.3, 0.4) is 0 Å². The lowest BCUT2D eigenvalue weighted by Gasteiger charge is -2.19. The number of halogens is 2. The van der Waals surface area contributed by atoms with Gasteiger partial charge in [0, 0.05) is 39.6 Å². The minimum atomic E-state index is -1.05. The third kappa shape index (κ3) is 5.14. The van der Waals surface area contributed by atoms with Gasteiger partial charge in [-0.05, 0) is 42.7 Å². The van der Waals surface area contributed by atoms with E-state index in [1.165, 1.54) is 0 Å². The molecule has 0 amide bonds. The molecule has 4 nitrogen and oxygen atoms in total. The van der Waals surface area contributed by atoms with Crippen molar-refractivity contribution < 1.29 is 4.21 Å². The standard InChI is InChI=1S/C16H18ClN3OS2.ClH/c1-20(11-5-4-6-13(9-11)23(3)21)16(18)19-15-10-12(22-2)7-8-14(15)17;/h4-10H,1-3H3,(H2,18,19);1H. The van der Waals surface area contributed by atoms with Crippen LogP contribution >= 0.6 is 35.8 Å². The van der Waals surface area contributed by atoms with E-state index in [1.54, 1.807) is 29.0 Å². The molecule has 8 heteroatoms. The molecule has 0 aliphatic carbocycles. The van der Waals surface area contributed by atoms with Gasteiger partial charge < -0.3 is 10.6 Å². The number of anilines is 1. The Kier molecular flexibility index (Phi) is 8.09. The maximum Gasteiger partial charge on any atom is 0.200 e. The fraction of sp³-hybridized carbons (Fsp3) is 0.188. The van der Waals surface area contributed by atoms with Crippen molar-refractivity contribution in [2.24, 2.45) is 10.7 Å². The van der Waals surface area contributed by atoms with Gasteiger partial charge in [-0.2, -0.15) is 0 Å². The first-order valence-electron chi connectivity index (χ1n) is 6.77. The first-order valence-corrected chi connectivity index (χ1v) is 9.93. The summed E-state index contributed by atoms with van der Waals surface area (Å²) < 4.78 is 11.6. The first kappa shape index (κ1) is 20.8. The molecule has 0 aliphatic heterocycles. The number of benzene rings is 2. The van der Waals surface area contributed by atoms with Crippen molar-refractivity contribution >= 4 is 63.9 Å². The summed E-state index contributed by atoms with van der Waals surface area (Å²) in [6.07, 6.45) is 3.63. The Morgan fingerprint density at radius 3 is 2.62 bits per heavy atom. The molecule has 0 saturated carbocycles. The summed E-state index contributed by atoms with van der Waals surface area (Å²) in [7, 11) is 0.762. The van der Waals surface area contributed by atoms with E-state index in [0.29, 0.717) is 16.7 Å². The largest absolute Gasteiger partial charge is 0.369 e. The van der Waals surface area contributed by atoms with Gasteiger partial charge in [-0.25, -0.2) is 4.99 Å². The maximum atomic E-state index is 11.6. The number of nitrogens with zero attached hydrogens (tertiary/aromatic N) is 2. The molecular weight excluding hydrogens is 385 g/mol. The predicted molar refractivity (Wildman–Crippen MR) is 109 cm³/mol. The normalized spacial score (nSPS) is 12.4. The van der Waals surface area contributed by atoms with Crippen molar-refractivity contribution in [2.45, 2.75) is 9.79 Å². The third-order valence-electron chi connectivity index (χ3n) is 3.27. The quantitative estimate of drug-likeness (QED) is 0.469. The van der Waals surface area contributed by atoms with Crippen molar-refractivity contribution in [3.05, 3.63) is 47.5 Å². The Bertz CT molecular complexity index is 769. The predicted octanol–water partition coefficient (Wildman–Crippen LogP) is 4.30. The summed E-state index contributed by atoms with van der Waals surface area (Å²) in [5, 5.41) is 0.544. The third-order valence-corrected chi connectivity index (χ3v) is 5.23. The molecule has 0 heterocycles. The minimum absolute atomic E-state index is 0. The van der Waals surface area contributed by atoms with Gasteiger partial charge in [-0.1, -0.05) is 17.7 Å². The minimum Gasteiger partial charge on any atom is -0.369 e. The summed E-state index contributed by atoms with van der Waals surface area (Å²) in [6.45, 7) is 0. The molecule has 0 saturated heterocycles. The van der Waals surface area contributed by atoms with E-state index >= 15 is 0 Å². The lowest BCUT2D eigenvalue weighted by atomic mass is 10.3. The van der Waals surface area contributed by atoms with Crippen LogP contribution in [0.4, 0.5) is 11.4 Å². The lowest BCUT2D eigenvalue weighted by Crippen LogP contribution is -2.33. The smallest absolute Gasteiger partial charge is 0.200 e. The Balaban J connectivity index is 0.00000288. The SMILES string of the molecule is CSc1ccc(Cl)c(N=C(N)N(C)c2cccc(S(C)=O)c2)c1.Cl. The Morgan fingerprint density at radius 1 is 1.29 bits per heavy atom. The molecule has 1 unspecified atom stereocenters. The van der Waals surface area contributed by atoms with E-state index in [-0.39, 0.29) is 12.4 Å². The van der Waals surface area contributed by atoms with Crippen molar-refractivity contribution in [1.29, 1.82) is 0 Å². The molecule has 0 fully saturated rings.